The van der Waals surface area contributed by atoms with E-state index in [0.717, 1.165) is 64.2 Å². The molecule has 0 radical (unpaired) electrons. The van der Waals surface area contributed by atoms with E-state index in [1.165, 1.54) is 0 Å². The normalized spacial score (nSPS) is 17.6. The van der Waals surface area contributed by atoms with E-state index >= 15 is 0 Å². The molecule has 1 fully saturated rings. The standard InChI is InChI=1S/C33H39N6O2/c1-22-9-5-6-10-25(22)21-39(41)28-19-13-24(14-20-28)23(2)32(40)34-26-15-17-27(18-16-26)35-33-36-30-12-8-7-11-29(30)31(37-33)38(3)4/h5-14,19-20,23,26-27H,15-18,21H2,1-4H3,(H,34,40)(H,35,36,37)/q-1. The number of fused-ring (bicyclic) bond motifs is 1. The Balaban J connectivity index is 1.12. The molecule has 0 aliphatic heterocycles. The van der Waals surface area contributed by atoms with Gasteiger partial charge in [0.25, 0.3) is 0 Å². The van der Waals surface area contributed by atoms with Crippen LogP contribution in [0, 0.1) is 12.1 Å². The summed E-state index contributed by atoms with van der Waals surface area (Å²) in [6, 6.07) is 23.7. The van der Waals surface area contributed by atoms with Crippen molar-refractivity contribution >= 4 is 34.3 Å². The Hall–Kier alpha value is -4.17. The van der Waals surface area contributed by atoms with Crippen molar-refractivity contribution in [2.45, 2.75) is 64.1 Å². The summed E-state index contributed by atoms with van der Waals surface area (Å²) in [6.07, 6.45) is 3.66. The van der Waals surface area contributed by atoms with Gasteiger partial charge in [0, 0.05) is 43.8 Å². The van der Waals surface area contributed by atoms with Gasteiger partial charge in [-0.1, -0.05) is 48.5 Å². The molecule has 2 N–H and O–H groups in total. The number of hydrogen-bond donors (Lipinski definition) is 2. The fraction of sp³-hybridized carbons (Fsp3) is 0.364. The Bertz CT molecular complexity index is 1480. The average Bonchev–Trinajstić information content (AvgIpc) is 2.98. The molecular weight excluding hydrogens is 512 g/mol. The number of nitrogens with one attached hydrogen (secondary N) is 2. The molecule has 5 rings (SSSR count). The number of anilines is 3. The number of carbonyl (C=O) groups is 1. The predicted octanol–water partition coefficient (Wildman–Crippen LogP) is 6.15. The summed E-state index contributed by atoms with van der Waals surface area (Å²) in [5, 5.41) is 21.5. The van der Waals surface area contributed by atoms with Crippen LogP contribution >= 0.6 is 0 Å². The molecule has 1 aromatic heterocycles. The first kappa shape index (κ1) is 28.4. The van der Waals surface area contributed by atoms with E-state index in [9.17, 15) is 10.0 Å². The van der Waals surface area contributed by atoms with Crippen molar-refractivity contribution < 1.29 is 4.79 Å². The lowest BCUT2D eigenvalue weighted by atomic mass is 9.90. The van der Waals surface area contributed by atoms with Gasteiger partial charge in [-0.3, -0.25) is 4.79 Å². The number of amides is 1. The van der Waals surface area contributed by atoms with E-state index in [1.54, 1.807) is 12.1 Å². The number of para-hydroxylation sites is 1. The van der Waals surface area contributed by atoms with Gasteiger partial charge in [0.15, 0.2) is 0 Å². The third kappa shape index (κ3) is 6.77. The molecule has 214 valence electrons. The second-order valence-electron chi connectivity index (χ2n) is 11.3. The van der Waals surface area contributed by atoms with Crippen molar-refractivity contribution in [2.75, 3.05) is 29.4 Å². The van der Waals surface area contributed by atoms with E-state index in [0.29, 0.717) is 18.2 Å². The minimum atomic E-state index is -0.299. The van der Waals surface area contributed by atoms with Gasteiger partial charge in [0.05, 0.1) is 11.4 Å². The molecule has 1 aliphatic rings. The van der Waals surface area contributed by atoms with Crippen LogP contribution in [0.2, 0.25) is 0 Å². The minimum Gasteiger partial charge on any atom is -0.758 e. The lowest BCUT2D eigenvalue weighted by molar-refractivity contribution is -0.123. The molecule has 3 aromatic carbocycles. The number of hydroxylamine groups is 1. The van der Waals surface area contributed by atoms with Gasteiger partial charge < -0.3 is 25.8 Å². The topological polar surface area (TPSA) is 96.4 Å². The third-order valence-electron chi connectivity index (χ3n) is 8.06. The summed E-state index contributed by atoms with van der Waals surface area (Å²) in [7, 11) is 3.99. The Morgan fingerprint density at radius 3 is 2.29 bits per heavy atom. The van der Waals surface area contributed by atoms with Crippen molar-refractivity contribution in [1.29, 1.82) is 0 Å². The number of aryl methyl sites for hydroxylation is 1. The van der Waals surface area contributed by atoms with Gasteiger partial charge in [-0.2, -0.15) is 4.98 Å². The molecule has 8 nitrogen and oxygen atoms in total. The van der Waals surface area contributed by atoms with Gasteiger partial charge in [0.2, 0.25) is 11.9 Å². The SMILES string of the molecule is Cc1ccccc1CN([O-])c1ccc(C(C)C(=O)NC2CCC(Nc3nc(N(C)C)c4ccccc4n3)CC2)cc1. The lowest BCUT2D eigenvalue weighted by Gasteiger charge is -2.32. The zero-order valence-electron chi connectivity index (χ0n) is 24.3. The minimum absolute atomic E-state index is 0.0153. The van der Waals surface area contributed by atoms with E-state index in [1.807, 2.05) is 93.5 Å². The Morgan fingerprint density at radius 1 is 0.927 bits per heavy atom. The number of hydrogen-bond acceptors (Lipinski definition) is 7. The van der Waals surface area contributed by atoms with Crippen molar-refractivity contribution in [1.82, 2.24) is 15.3 Å². The number of carbonyl (C=O) groups excluding carboxylic acids is 1. The van der Waals surface area contributed by atoms with Crippen LogP contribution in [0.15, 0.2) is 72.8 Å². The lowest BCUT2D eigenvalue weighted by Crippen LogP contribution is -2.41. The monoisotopic (exact) mass is 551 g/mol. The predicted molar refractivity (Wildman–Crippen MR) is 167 cm³/mol. The van der Waals surface area contributed by atoms with Crippen LogP contribution < -0.4 is 20.6 Å². The molecule has 0 spiro atoms. The summed E-state index contributed by atoms with van der Waals surface area (Å²) >= 11 is 0. The fourth-order valence-corrected chi connectivity index (χ4v) is 5.47. The number of nitrogens with zero attached hydrogens (tertiary/aromatic N) is 4. The quantitative estimate of drug-likeness (QED) is 0.241. The molecule has 8 heteroatoms. The fourth-order valence-electron chi connectivity index (χ4n) is 5.47. The summed E-state index contributed by atoms with van der Waals surface area (Å²) < 4.78 is 0. The number of benzene rings is 3. The van der Waals surface area contributed by atoms with Crippen LogP contribution in [-0.4, -0.2) is 42.1 Å². The highest BCUT2D eigenvalue weighted by atomic mass is 16.5. The molecule has 0 bridgehead atoms. The molecule has 0 saturated heterocycles. The zero-order chi connectivity index (χ0) is 28.9. The summed E-state index contributed by atoms with van der Waals surface area (Å²) in [5.74, 6) is 1.26. The van der Waals surface area contributed by atoms with Crippen LogP contribution in [0.1, 0.15) is 55.2 Å². The molecule has 1 amide bonds. The van der Waals surface area contributed by atoms with Crippen molar-refractivity contribution in [2.24, 2.45) is 0 Å². The molecule has 1 unspecified atom stereocenters. The maximum absolute atomic E-state index is 13.1. The Kier molecular flexibility index (Phi) is 8.69. The molecule has 1 saturated carbocycles. The Labute approximate surface area is 242 Å². The van der Waals surface area contributed by atoms with Crippen LogP contribution in [0.5, 0.6) is 0 Å². The average molecular weight is 552 g/mol. The van der Waals surface area contributed by atoms with E-state index in [2.05, 4.69) is 10.6 Å². The molecule has 1 aliphatic carbocycles. The van der Waals surface area contributed by atoms with Gasteiger partial charge in [-0.15, -0.1) is 0 Å². The zero-order valence-corrected chi connectivity index (χ0v) is 24.3. The van der Waals surface area contributed by atoms with Crippen molar-refractivity contribution in [3.63, 3.8) is 0 Å². The van der Waals surface area contributed by atoms with E-state index in [-0.39, 0.29) is 23.9 Å². The van der Waals surface area contributed by atoms with E-state index in [4.69, 9.17) is 9.97 Å². The van der Waals surface area contributed by atoms with Gasteiger partial charge in [0.1, 0.15) is 5.82 Å². The van der Waals surface area contributed by atoms with Gasteiger partial charge >= 0.3 is 0 Å². The summed E-state index contributed by atoms with van der Waals surface area (Å²) in [6.45, 7) is 4.22. The first-order valence-corrected chi connectivity index (χ1v) is 14.4. The smallest absolute Gasteiger partial charge is 0.227 e. The maximum atomic E-state index is 13.1. The van der Waals surface area contributed by atoms with Crippen LogP contribution in [0.3, 0.4) is 0 Å². The number of aromatic nitrogens is 2. The highest BCUT2D eigenvalue weighted by Gasteiger charge is 2.25. The molecular formula is C33H39N6O2-. The highest BCUT2D eigenvalue weighted by Crippen LogP contribution is 2.27. The van der Waals surface area contributed by atoms with Crippen LogP contribution in [0.25, 0.3) is 10.9 Å². The first-order chi connectivity index (χ1) is 19.8. The Morgan fingerprint density at radius 2 is 1.59 bits per heavy atom. The first-order valence-electron chi connectivity index (χ1n) is 14.4. The maximum Gasteiger partial charge on any atom is 0.227 e. The molecule has 1 heterocycles. The van der Waals surface area contributed by atoms with Gasteiger partial charge in [-0.25, -0.2) is 4.98 Å². The van der Waals surface area contributed by atoms with Crippen molar-refractivity contribution in [3.8, 4) is 0 Å². The number of rotatable bonds is 9. The third-order valence-corrected chi connectivity index (χ3v) is 8.06. The molecule has 1 atom stereocenters. The highest BCUT2D eigenvalue weighted by molar-refractivity contribution is 5.90. The second-order valence-corrected chi connectivity index (χ2v) is 11.3. The van der Waals surface area contributed by atoms with Crippen LogP contribution in [0.4, 0.5) is 17.5 Å². The largest absolute Gasteiger partial charge is 0.758 e. The summed E-state index contributed by atoms with van der Waals surface area (Å²) in [5.41, 5.74) is 4.51. The van der Waals surface area contributed by atoms with E-state index < -0.39 is 0 Å². The second kappa shape index (κ2) is 12.6. The molecule has 4 aromatic rings. The van der Waals surface area contributed by atoms with Gasteiger partial charge in [-0.05, 0) is 80.5 Å². The summed E-state index contributed by atoms with van der Waals surface area (Å²) in [4.78, 5) is 24.6. The molecule has 41 heavy (non-hydrogen) atoms. The van der Waals surface area contributed by atoms with Crippen molar-refractivity contribution in [3.05, 3.63) is 94.7 Å². The van der Waals surface area contributed by atoms with Crippen LogP contribution in [-0.2, 0) is 11.3 Å².